The highest BCUT2D eigenvalue weighted by atomic mass is 32.2. The Kier molecular flexibility index (Phi) is 7.13. The fourth-order valence-corrected chi connectivity index (χ4v) is 5.46. The average Bonchev–Trinajstić information content (AvgIpc) is 3.37. The van der Waals surface area contributed by atoms with E-state index >= 15 is 0 Å². The number of carbonyl (C=O) groups excluding carboxylic acids is 2. The van der Waals surface area contributed by atoms with Crippen molar-refractivity contribution in [1.29, 1.82) is 0 Å². The first-order valence-corrected chi connectivity index (χ1v) is 12.7. The van der Waals surface area contributed by atoms with Crippen LogP contribution in [0.15, 0.2) is 76.6 Å². The van der Waals surface area contributed by atoms with Gasteiger partial charge in [-0.1, -0.05) is 24.3 Å². The van der Waals surface area contributed by atoms with Crippen LogP contribution in [0.3, 0.4) is 0 Å². The van der Waals surface area contributed by atoms with E-state index in [2.05, 4.69) is 10.6 Å². The van der Waals surface area contributed by atoms with Gasteiger partial charge in [-0.25, -0.2) is 8.42 Å². The summed E-state index contributed by atoms with van der Waals surface area (Å²) in [4.78, 5) is 37.9. The first-order valence-electron chi connectivity index (χ1n) is 11.2. The van der Waals surface area contributed by atoms with Gasteiger partial charge < -0.3 is 15.2 Å². The van der Waals surface area contributed by atoms with Crippen molar-refractivity contribution in [1.82, 2.24) is 8.87 Å². The predicted molar refractivity (Wildman–Crippen MR) is 133 cm³/mol. The Labute approximate surface area is 203 Å². The summed E-state index contributed by atoms with van der Waals surface area (Å²) in [5.74, 6) is -0.971. The lowest BCUT2D eigenvalue weighted by Crippen LogP contribution is -2.31. The monoisotopic (exact) mass is 494 g/mol. The summed E-state index contributed by atoms with van der Waals surface area (Å²) in [5.41, 5.74) is 1.63. The first kappa shape index (κ1) is 24.4. The highest BCUT2D eigenvalue weighted by molar-refractivity contribution is 7.89. The number of amides is 2. The second-order valence-corrected chi connectivity index (χ2v) is 10.3. The van der Waals surface area contributed by atoms with Crippen molar-refractivity contribution in [3.8, 4) is 0 Å². The lowest BCUT2D eigenvalue weighted by atomic mass is 10.1. The molecule has 0 aliphatic carbocycles. The molecule has 0 bridgehead atoms. The molecule has 9 nitrogen and oxygen atoms in total. The third-order valence-electron chi connectivity index (χ3n) is 5.69. The molecule has 0 unspecified atom stereocenters. The van der Waals surface area contributed by atoms with Gasteiger partial charge in [-0.2, -0.15) is 4.31 Å². The van der Waals surface area contributed by atoms with Crippen LogP contribution in [0.4, 0.5) is 11.4 Å². The Balaban J connectivity index is 1.50. The lowest BCUT2D eigenvalue weighted by Gasteiger charge is -2.16. The number of aryl methyl sites for hydroxylation is 1. The molecule has 2 amide bonds. The largest absolute Gasteiger partial charge is 0.324 e. The Bertz CT molecular complexity index is 1430. The molecular formula is C25H26N4O5S. The zero-order valence-electron chi connectivity index (χ0n) is 19.2. The maximum Gasteiger partial charge on any atom is 0.257 e. The van der Waals surface area contributed by atoms with Crippen molar-refractivity contribution in [2.45, 2.75) is 31.2 Å². The molecule has 1 aliphatic rings. The molecule has 4 rings (SSSR count). The fourth-order valence-electron chi connectivity index (χ4n) is 3.92. The minimum Gasteiger partial charge on any atom is -0.324 e. The number of sulfonamides is 1. The van der Waals surface area contributed by atoms with Crippen LogP contribution in [0.1, 0.15) is 28.8 Å². The van der Waals surface area contributed by atoms with Gasteiger partial charge in [0.15, 0.2) is 0 Å². The van der Waals surface area contributed by atoms with Crippen molar-refractivity contribution < 1.29 is 18.0 Å². The molecule has 1 aliphatic heterocycles. The molecule has 3 aromatic rings. The highest BCUT2D eigenvalue weighted by Crippen LogP contribution is 2.20. The van der Waals surface area contributed by atoms with Crippen LogP contribution in [-0.4, -0.2) is 42.2 Å². The summed E-state index contributed by atoms with van der Waals surface area (Å²) in [6.45, 7) is 2.37. The topological polar surface area (TPSA) is 118 Å². The number of nitrogens with one attached hydrogen (secondary N) is 2. The maximum atomic E-state index is 12.8. The summed E-state index contributed by atoms with van der Waals surface area (Å²) in [6, 6.07) is 16.2. The lowest BCUT2D eigenvalue weighted by molar-refractivity contribution is -0.116. The zero-order chi connectivity index (χ0) is 25.0. The van der Waals surface area contributed by atoms with Crippen molar-refractivity contribution in [2.24, 2.45) is 0 Å². The summed E-state index contributed by atoms with van der Waals surface area (Å²) >= 11 is 0. The van der Waals surface area contributed by atoms with Gasteiger partial charge in [0.05, 0.1) is 16.1 Å². The number of hydrogen-bond acceptors (Lipinski definition) is 5. The number of rotatable bonds is 7. The molecule has 2 heterocycles. The van der Waals surface area contributed by atoms with Gasteiger partial charge in [-0.3, -0.25) is 14.4 Å². The van der Waals surface area contributed by atoms with E-state index in [1.807, 2.05) is 25.1 Å². The third-order valence-corrected chi connectivity index (χ3v) is 7.58. The van der Waals surface area contributed by atoms with Crippen LogP contribution in [0.2, 0.25) is 0 Å². The van der Waals surface area contributed by atoms with Crippen LogP contribution in [-0.2, 0) is 21.4 Å². The molecule has 0 spiro atoms. The number of hydrogen-bond donors (Lipinski definition) is 2. The van der Waals surface area contributed by atoms with E-state index in [0.29, 0.717) is 18.8 Å². The molecule has 2 N–H and O–H groups in total. The SMILES string of the molecule is Cc1cccc(NC(=O)c2ccccc2NC(=O)Cn2cc(S(=O)(=O)N3CCCC3)ccc2=O)c1. The van der Waals surface area contributed by atoms with Crippen LogP contribution in [0, 0.1) is 6.92 Å². The van der Waals surface area contributed by atoms with Crippen LogP contribution in [0.25, 0.3) is 0 Å². The van der Waals surface area contributed by atoms with Crippen molar-refractivity contribution >= 4 is 33.2 Å². The molecule has 35 heavy (non-hydrogen) atoms. The van der Waals surface area contributed by atoms with E-state index < -0.39 is 33.9 Å². The van der Waals surface area contributed by atoms with Gasteiger partial charge in [0.25, 0.3) is 11.5 Å². The molecule has 0 radical (unpaired) electrons. The van der Waals surface area contributed by atoms with Gasteiger partial charge >= 0.3 is 0 Å². The van der Waals surface area contributed by atoms with Crippen LogP contribution < -0.4 is 16.2 Å². The quantitative estimate of drug-likeness (QED) is 0.524. The molecular weight excluding hydrogens is 468 g/mol. The second-order valence-electron chi connectivity index (χ2n) is 8.36. The standard InChI is InChI=1S/C25H26N4O5S/c1-18-7-6-8-19(15-18)26-25(32)21-9-2-3-10-22(21)27-23(30)17-28-16-20(11-12-24(28)31)35(33,34)29-13-4-5-14-29/h2-3,6-12,15-16H,4-5,13-14,17H2,1H3,(H,26,32)(H,27,30). The summed E-state index contributed by atoms with van der Waals surface area (Å²) in [5, 5.41) is 5.46. The van der Waals surface area contributed by atoms with Crippen LogP contribution >= 0.6 is 0 Å². The Morgan fingerprint density at radius 1 is 0.943 bits per heavy atom. The van der Waals surface area contributed by atoms with Gasteiger partial charge in [-0.15, -0.1) is 0 Å². The van der Waals surface area contributed by atoms with Crippen molar-refractivity contribution in [3.63, 3.8) is 0 Å². The van der Waals surface area contributed by atoms with Gasteiger partial charge in [0.2, 0.25) is 15.9 Å². The molecule has 1 fully saturated rings. The van der Waals surface area contributed by atoms with E-state index in [0.717, 1.165) is 29.0 Å². The smallest absolute Gasteiger partial charge is 0.257 e. The number of carbonyl (C=O) groups is 2. The summed E-state index contributed by atoms with van der Waals surface area (Å²) in [6.07, 6.45) is 2.77. The fraction of sp³-hybridized carbons (Fsp3) is 0.240. The van der Waals surface area contributed by atoms with E-state index in [4.69, 9.17) is 0 Å². The summed E-state index contributed by atoms with van der Waals surface area (Å²) in [7, 11) is -3.73. The molecule has 2 aromatic carbocycles. The molecule has 0 saturated carbocycles. The zero-order valence-corrected chi connectivity index (χ0v) is 20.0. The minimum atomic E-state index is -3.73. The molecule has 1 aromatic heterocycles. The van der Waals surface area contributed by atoms with Gasteiger partial charge in [-0.05, 0) is 55.7 Å². The normalized spacial score (nSPS) is 14.0. The Morgan fingerprint density at radius 2 is 1.69 bits per heavy atom. The van der Waals surface area contributed by atoms with E-state index in [9.17, 15) is 22.8 Å². The molecule has 0 atom stereocenters. The van der Waals surface area contributed by atoms with E-state index in [-0.39, 0.29) is 16.1 Å². The van der Waals surface area contributed by atoms with E-state index in [1.165, 1.54) is 16.6 Å². The van der Waals surface area contributed by atoms with Crippen LogP contribution in [0.5, 0.6) is 0 Å². The molecule has 182 valence electrons. The average molecular weight is 495 g/mol. The second kappa shape index (κ2) is 10.2. The number of benzene rings is 2. The Hall–Kier alpha value is -3.76. The molecule has 10 heteroatoms. The Morgan fingerprint density at radius 3 is 2.43 bits per heavy atom. The van der Waals surface area contributed by atoms with Crippen molar-refractivity contribution in [2.75, 3.05) is 23.7 Å². The third kappa shape index (κ3) is 5.67. The van der Waals surface area contributed by atoms with Gasteiger partial charge in [0, 0.05) is 31.0 Å². The number of aromatic nitrogens is 1. The number of nitrogens with zero attached hydrogens (tertiary/aromatic N) is 2. The van der Waals surface area contributed by atoms with Gasteiger partial charge in [0.1, 0.15) is 6.54 Å². The number of para-hydroxylation sites is 1. The van der Waals surface area contributed by atoms with E-state index in [1.54, 1.807) is 30.3 Å². The summed E-state index contributed by atoms with van der Waals surface area (Å²) < 4.78 is 28.1. The minimum absolute atomic E-state index is 0.0373. The number of pyridine rings is 1. The highest BCUT2D eigenvalue weighted by Gasteiger charge is 2.27. The number of anilines is 2. The molecule has 1 saturated heterocycles. The van der Waals surface area contributed by atoms with Crippen molar-refractivity contribution in [3.05, 3.63) is 88.3 Å². The maximum absolute atomic E-state index is 12.8. The first-order chi connectivity index (χ1) is 16.7. The predicted octanol–water partition coefficient (Wildman–Crippen LogP) is 2.83.